The maximum absolute atomic E-state index is 12.5. The van der Waals surface area contributed by atoms with Crippen molar-refractivity contribution in [2.24, 2.45) is 0 Å². The summed E-state index contributed by atoms with van der Waals surface area (Å²) in [6.07, 6.45) is 1.38. The van der Waals surface area contributed by atoms with Crippen molar-refractivity contribution in [1.29, 1.82) is 0 Å². The fourth-order valence-corrected chi connectivity index (χ4v) is 2.38. The average molecular weight is 404 g/mol. The monoisotopic (exact) mass is 403 g/mol. The number of carbonyl (C=O) groups excluding carboxylic acids is 2. The summed E-state index contributed by atoms with van der Waals surface area (Å²) in [6.45, 7) is 1.27. The average Bonchev–Trinajstić information content (AvgIpc) is 2.56. The first-order valence-corrected chi connectivity index (χ1v) is 7.96. The second-order valence-corrected chi connectivity index (χ2v) is 5.88. The molecule has 0 aliphatic heterocycles. The summed E-state index contributed by atoms with van der Waals surface area (Å²) in [5, 5.41) is 16.0. The Balaban J connectivity index is 2.33. The molecule has 2 N–H and O–H groups in total. The van der Waals surface area contributed by atoms with Crippen molar-refractivity contribution in [1.82, 2.24) is 5.32 Å². The third-order valence-corrected chi connectivity index (χ3v) is 3.76. The molecule has 0 fully saturated rings. The topological polar surface area (TPSA) is 101 Å². The van der Waals surface area contributed by atoms with Crippen molar-refractivity contribution in [3.63, 3.8) is 0 Å². The van der Waals surface area contributed by atoms with Gasteiger partial charge in [0.1, 0.15) is 5.70 Å². The van der Waals surface area contributed by atoms with Crippen molar-refractivity contribution in [3.8, 4) is 0 Å². The Morgan fingerprint density at radius 3 is 2.52 bits per heavy atom. The van der Waals surface area contributed by atoms with Gasteiger partial charge in [-0.25, -0.2) is 0 Å². The van der Waals surface area contributed by atoms with Crippen molar-refractivity contribution in [2.45, 2.75) is 6.92 Å². The van der Waals surface area contributed by atoms with Gasteiger partial charge in [0.15, 0.2) is 0 Å². The van der Waals surface area contributed by atoms with Crippen LogP contribution in [0.5, 0.6) is 0 Å². The first-order chi connectivity index (χ1) is 11.9. The largest absolute Gasteiger partial charge is 0.322 e. The van der Waals surface area contributed by atoms with E-state index in [0.717, 1.165) is 0 Å². The first kappa shape index (κ1) is 18.3. The zero-order chi connectivity index (χ0) is 18.4. The summed E-state index contributed by atoms with van der Waals surface area (Å²) in [4.78, 5) is 34.2. The normalized spacial score (nSPS) is 10.9. The number of amides is 2. The standard InChI is InChI=1S/C17H14BrN3O4/c1-11(22)19-16(10-12-5-4-6-13(9-12)21(24)25)17(23)20-15-8-3-2-7-14(15)18/h2-10H,1H3,(H,19,22)(H,20,23). The molecule has 7 nitrogen and oxygen atoms in total. The lowest BCUT2D eigenvalue weighted by atomic mass is 10.1. The molecule has 0 aliphatic carbocycles. The summed E-state index contributed by atoms with van der Waals surface area (Å²) in [5.74, 6) is -0.979. The quantitative estimate of drug-likeness (QED) is 0.453. The van der Waals surface area contributed by atoms with Gasteiger partial charge >= 0.3 is 0 Å². The van der Waals surface area contributed by atoms with Crippen molar-refractivity contribution in [2.75, 3.05) is 5.32 Å². The Morgan fingerprint density at radius 2 is 1.88 bits per heavy atom. The number of rotatable bonds is 5. The molecule has 2 aromatic rings. The molecule has 0 unspecified atom stereocenters. The van der Waals surface area contributed by atoms with Crippen LogP contribution < -0.4 is 10.6 Å². The lowest BCUT2D eigenvalue weighted by Crippen LogP contribution is -2.29. The highest BCUT2D eigenvalue weighted by atomic mass is 79.9. The number of halogens is 1. The van der Waals surface area contributed by atoms with E-state index in [0.29, 0.717) is 15.7 Å². The van der Waals surface area contributed by atoms with E-state index in [1.165, 1.54) is 31.2 Å². The van der Waals surface area contributed by atoms with E-state index in [2.05, 4.69) is 26.6 Å². The van der Waals surface area contributed by atoms with E-state index in [4.69, 9.17) is 0 Å². The van der Waals surface area contributed by atoms with E-state index in [1.807, 2.05) is 0 Å². The van der Waals surface area contributed by atoms with Gasteiger partial charge in [0.05, 0.1) is 10.6 Å². The minimum Gasteiger partial charge on any atom is -0.322 e. The van der Waals surface area contributed by atoms with Gasteiger partial charge in [-0.3, -0.25) is 19.7 Å². The number of benzene rings is 2. The maximum Gasteiger partial charge on any atom is 0.272 e. The Bertz CT molecular complexity index is 864. The number of nitro benzene ring substituents is 1. The van der Waals surface area contributed by atoms with E-state index >= 15 is 0 Å². The second-order valence-electron chi connectivity index (χ2n) is 5.03. The number of nitrogens with zero attached hydrogens (tertiary/aromatic N) is 1. The molecule has 0 aromatic heterocycles. The van der Waals surface area contributed by atoms with Crippen molar-refractivity contribution >= 4 is 45.2 Å². The van der Waals surface area contributed by atoms with E-state index in [1.54, 1.807) is 30.3 Å². The van der Waals surface area contributed by atoms with Crippen LogP contribution in [0.15, 0.2) is 58.7 Å². The van der Waals surface area contributed by atoms with E-state index in [-0.39, 0.29) is 11.4 Å². The molecular weight excluding hydrogens is 390 g/mol. The van der Waals surface area contributed by atoms with Gasteiger partial charge in [-0.15, -0.1) is 0 Å². The molecule has 2 amide bonds. The molecule has 0 aliphatic rings. The molecule has 2 rings (SSSR count). The molecule has 0 spiro atoms. The second kappa shape index (κ2) is 8.20. The van der Waals surface area contributed by atoms with Crippen LogP contribution in [0.1, 0.15) is 12.5 Å². The van der Waals surface area contributed by atoms with E-state index < -0.39 is 16.7 Å². The molecule has 0 saturated heterocycles. The number of nitrogens with one attached hydrogen (secondary N) is 2. The predicted octanol–water partition coefficient (Wildman–Crippen LogP) is 3.47. The smallest absolute Gasteiger partial charge is 0.272 e. The van der Waals surface area contributed by atoms with Crippen LogP contribution in [-0.2, 0) is 9.59 Å². The van der Waals surface area contributed by atoms with Crippen LogP contribution in [0, 0.1) is 10.1 Å². The molecular formula is C17H14BrN3O4. The number of carbonyl (C=O) groups is 2. The van der Waals surface area contributed by atoms with Gasteiger partial charge in [-0.1, -0.05) is 24.3 Å². The third kappa shape index (κ3) is 5.25. The fourth-order valence-electron chi connectivity index (χ4n) is 2.00. The zero-order valence-corrected chi connectivity index (χ0v) is 14.7. The number of hydrogen-bond acceptors (Lipinski definition) is 4. The van der Waals surface area contributed by atoms with Crippen molar-refractivity contribution in [3.05, 3.63) is 74.4 Å². The lowest BCUT2D eigenvalue weighted by molar-refractivity contribution is -0.384. The maximum atomic E-state index is 12.5. The molecule has 2 aromatic carbocycles. The van der Waals surface area contributed by atoms with Gasteiger partial charge in [0, 0.05) is 23.5 Å². The van der Waals surface area contributed by atoms with Crippen molar-refractivity contribution < 1.29 is 14.5 Å². The van der Waals surface area contributed by atoms with Crippen LogP contribution in [0.3, 0.4) is 0 Å². The Morgan fingerprint density at radius 1 is 1.16 bits per heavy atom. The minimum absolute atomic E-state index is 0.0243. The molecule has 128 valence electrons. The molecule has 8 heteroatoms. The van der Waals surface area contributed by atoms with Crippen LogP contribution in [-0.4, -0.2) is 16.7 Å². The van der Waals surface area contributed by atoms with Gasteiger partial charge in [0.25, 0.3) is 11.6 Å². The number of nitro groups is 1. The molecule has 0 atom stereocenters. The summed E-state index contributed by atoms with van der Waals surface area (Å²) in [5.41, 5.74) is 0.814. The Kier molecular flexibility index (Phi) is 6.02. The molecule has 0 radical (unpaired) electrons. The van der Waals surface area contributed by atoms with Gasteiger partial charge < -0.3 is 10.6 Å². The molecule has 0 heterocycles. The molecule has 0 saturated carbocycles. The predicted molar refractivity (Wildman–Crippen MR) is 97.7 cm³/mol. The van der Waals surface area contributed by atoms with Crippen LogP contribution in [0.2, 0.25) is 0 Å². The minimum atomic E-state index is -0.548. The SMILES string of the molecule is CC(=O)NC(=Cc1cccc([N+](=O)[O-])c1)C(=O)Nc1ccccc1Br. The van der Waals surface area contributed by atoms with E-state index in [9.17, 15) is 19.7 Å². The van der Waals surface area contributed by atoms with Crippen LogP contribution in [0.25, 0.3) is 6.08 Å². The number of para-hydroxylation sites is 1. The number of hydrogen-bond donors (Lipinski definition) is 2. The van der Waals surface area contributed by atoms with Gasteiger partial charge in [-0.05, 0) is 39.7 Å². The first-order valence-electron chi connectivity index (χ1n) is 7.16. The number of non-ortho nitro benzene ring substituents is 1. The molecule has 25 heavy (non-hydrogen) atoms. The third-order valence-electron chi connectivity index (χ3n) is 3.07. The summed E-state index contributed by atoms with van der Waals surface area (Å²) in [6, 6.07) is 12.8. The summed E-state index contributed by atoms with van der Waals surface area (Å²) in [7, 11) is 0. The van der Waals surface area contributed by atoms with Gasteiger partial charge in [0.2, 0.25) is 5.91 Å². The zero-order valence-electron chi connectivity index (χ0n) is 13.2. The molecule has 0 bridgehead atoms. The summed E-state index contributed by atoms with van der Waals surface area (Å²) >= 11 is 3.32. The highest BCUT2D eigenvalue weighted by Crippen LogP contribution is 2.22. The Hall–Kier alpha value is -3.00. The van der Waals surface area contributed by atoms with Gasteiger partial charge in [-0.2, -0.15) is 0 Å². The van der Waals surface area contributed by atoms with Crippen LogP contribution in [0.4, 0.5) is 11.4 Å². The number of anilines is 1. The highest BCUT2D eigenvalue weighted by molar-refractivity contribution is 9.10. The summed E-state index contributed by atoms with van der Waals surface area (Å²) < 4.78 is 0.681. The fraction of sp³-hybridized carbons (Fsp3) is 0.0588. The lowest BCUT2D eigenvalue weighted by Gasteiger charge is -2.11. The Labute approximate surface area is 152 Å². The van der Waals surface area contributed by atoms with Crippen LogP contribution >= 0.6 is 15.9 Å². The highest BCUT2D eigenvalue weighted by Gasteiger charge is 2.14.